The summed E-state index contributed by atoms with van der Waals surface area (Å²) in [5, 5.41) is 13.0. The molecule has 1 aromatic rings. The molecule has 0 saturated heterocycles. The SMILES string of the molecule is CCS(=O)(=O)C=CSc1ccc([N+](=O)[O-])cc1. The lowest BCUT2D eigenvalue weighted by Crippen LogP contribution is -1.96. The van der Waals surface area contributed by atoms with Crippen molar-refractivity contribution in [3.05, 3.63) is 45.2 Å². The quantitative estimate of drug-likeness (QED) is 0.468. The van der Waals surface area contributed by atoms with Gasteiger partial charge in [0.25, 0.3) is 5.69 Å². The van der Waals surface area contributed by atoms with Crippen molar-refractivity contribution >= 4 is 27.3 Å². The molecule has 7 heteroatoms. The second-order valence-electron chi connectivity index (χ2n) is 3.09. The molecule has 17 heavy (non-hydrogen) atoms. The molecule has 1 rings (SSSR count). The Balaban J connectivity index is 2.68. The average Bonchev–Trinajstić information content (AvgIpc) is 2.29. The van der Waals surface area contributed by atoms with Crippen LogP contribution in [0.3, 0.4) is 0 Å². The first-order chi connectivity index (χ1) is 7.94. The summed E-state index contributed by atoms with van der Waals surface area (Å²) in [5.74, 6) is 0.0598. The van der Waals surface area contributed by atoms with E-state index in [1.54, 1.807) is 19.1 Å². The number of benzene rings is 1. The van der Waals surface area contributed by atoms with Crippen LogP contribution in [0, 0.1) is 10.1 Å². The van der Waals surface area contributed by atoms with Crippen LogP contribution in [0.15, 0.2) is 40.0 Å². The zero-order valence-electron chi connectivity index (χ0n) is 9.07. The van der Waals surface area contributed by atoms with E-state index >= 15 is 0 Å². The van der Waals surface area contributed by atoms with Gasteiger partial charge in [-0.25, -0.2) is 8.42 Å². The zero-order valence-corrected chi connectivity index (χ0v) is 10.7. The first-order valence-electron chi connectivity index (χ1n) is 4.75. The molecule has 0 amide bonds. The van der Waals surface area contributed by atoms with Crippen molar-refractivity contribution < 1.29 is 13.3 Å². The third-order valence-electron chi connectivity index (χ3n) is 1.92. The van der Waals surface area contributed by atoms with Gasteiger partial charge in [0, 0.05) is 22.4 Å². The first-order valence-corrected chi connectivity index (χ1v) is 7.34. The van der Waals surface area contributed by atoms with Crippen LogP contribution in [0.2, 0.25) is 0 Å². The van der Waals surface area contributed by atoms with Gasteiger partial charge >= 0.3 is 0 Å². The standard InChI is InChI=1S/C10H11NO4S2/c1-2-17(14,15)8-7-16-10-5-3-9(4-6-10)11(12)13/h3-8H,2H2,1H3. The molecule has 0 radical (unpaired) electrons. The summed E-state index contributed by atoms with van der Waals surface area (Å²) in [6, 6.07) is 5.91. The predicted molar refractivity (Wildman–Crippen MR) is 67.6 cm³/mol. The minimum atomic E-state index is -3.12. The van der Waals surface area contributed by atoms with Crippen LogP contribution in [-0.2, 0) is 9.84 Å². The van der Waals surface area contributed by atoms with E-state index in [0.29, 0.717) is 0 Å². The monoisotopic (exact) mass is 273 g/mol. The van der Waals surface area contributed by atoms with Crippen LogP contribution >= 0.6 is 11.8 Å². The molecule has 92 valence electrons. The summed E-state index contributed by atoms with van der Waals surface area (Å²) >= 11 is 1.20. The van der Waals surface area contributed by atoms with E-state index in [1.165, 1.54) is 29.3 Å². The highest BCUT2D eigenvalue weighted by Gasteiger charge is 2.04. The Kier molecular flexibility index (Phi) is 4.71. The Morgan fingerprint density at radius 3 is 2.41 bits per heavy atom. The van der Waals surface area contributed by atoms with Crippen LogP contribution in [0.1, 0.15) is 6.92 Å². The van der Waals surface area contributed by atoms with Gasteiger partial charge in [-0.2, -0.15) is 0 Å². The molecule has 0 unspecified atom stereocenters. The lowest BCUT2D eigenvalue weighted by atomic mass is 10.3. The van der Waals surface area contributed by atoms with Gasteiger partial charge < -0.3 is 0 Å². The summed E-state index contributed by atoms with van der Waals surface area (Å²) in [5.41, 5.74) is 0.0134. The molecule has 0 saturated carbocycles. The largest absolute Gasteiger partial charge is 0.269 e. The van der Waals surface area contributed by atoms with Gasteiger partial charge in [0.05, 0.1) is 10.7 Å². The summed E-state index contributed by atoms with van der Waals surface area (Å²) < 4.78 is 22.3. The molecule has 0 spiro atoms. The number of thioether (sulfide) groups is 1. The summed E-state index contributed by atoms with van der Waals surface area (Å²) in [6.45, 7) is 1.57. The van der Waals surface area contributed by atoms with Gasteiger partial charge in [0.1, 0.15) is 0 Å². The average molecular weight is 273 g/mol. The van der Waals surface area contributed by atoms with E-state index in [2.05, 4.69) is 0 Å². The Morgan fingerprint density at radius 1 is 1.35 bits per heavy atom. The van der Waals surface area contributed by atoms with Crippen molar-refractivity contribution in [2.45, 2.75) is 11.8 Å². The highest BCUT2D eigenvalue weighted by molar-refractivity contribution is 8.03. The predicted octanol–water partition coefficient (Wildman–Crippen LogP) is 2.59. The van der Waals surface area contributed by atoms with Gasteiger partial charge in [-0.05, 0) is 17.5 Å². The van der Waals surface area contributed by atoms with Gasteiger partial charge in [-0.3, -0.25) is 10.1 Å². The lowest BCUT2D eigenvalue weighted by Gasteiger charge is -1.96. The van der Waals surface area contributed by atoms with E-state index in [0.717, 1.165) is 10.3 Å². The molecular weight excluding hydrogens is 262 g/mol. The smallest absolute Gasteiger partial charge is 0.258 e. The lowest BCUT2D eigenvalue weighted by molar-refractivity contribution is -0.384. The molecule has 0 aromatic heterocycles. The Morgan fingerprint density at radius 2 is 1.94 bits per heavy atom. The van der Waals surface area contributed by atoms with E-state index in [4.69, 9.17) is 0 Å². The molecule has 0 atom stereocenters. The van der Waals surface area contributed by atoms with Crippen molar-refractivity contribution in [1.29, 1.82) is 0 Å². The molecule has 1 aromatic carbocycles. The van der Waals surface area contributed by atoms with Gasteiger partial charge in [-0.15, -0.1) is 0 Å². The molecule has 0 fully saturated rings. The fourth-order valence-electron chi connectivity index (χ4n) is 0.934. The van der Waals surface area contributed by atoms with E-state index < -0.39 is 14.8 Å². The second-order valence-corrected chi connectivity index (χ2v) is 6.25. The Labute approximate surface area is 104 Å². The van der Waals surface area contributed by atoms with Gasteiger partial charge in [0.2, 0.25) is 0 Å². The summed E-state index contributed by atoms with van der Waals surface area (Å²) in [4.78, 5) is 10.7. The maximum absolute atomic E-state index is 11.1. The fourth-order valence-corrected chi connectivity index (χ4v) is 2.48. The number of hydrogen-bond donors (Lipinski definition) is 0. The second kappa shape index (κ2) is 5.83. The van der Waals surface area contributed by atoms with Crippen molar-refractivity contribution in [1.82, 2.24) is 0 Å². The van der Waals surface area contributed by atoms with E-state index in [-0.39, 0.29) is 11.4 Å². The topological polar surface area (TPSA) is 77.3 Å². The minimum Gasteiger partial charge on any atom is -0.258 e. The van der Waals surface area contributed by atoms with Crippen LogP contribution in [-0.4, -0.2) is 19.1 Å². The van der Waals surface area contributed by atoms with Crippen molar-refractivity contribution in [3.63, 3.8) is 0 Å². The summed E-state index contributed by atoms with van der Waals surface area (Å²) in [6.07, 6.45) is 0. The molecule has 0 heterocycles. The maximum Gasteiger partial charge on any atom is 0.269 e. The van der Waals surface area contributed by atoms with Crippen molar-refractivity contribution in [2.24, 2.45) is 0 Å². The van der Waals surface area contributed by atoms with E-state index in [1.807, 2.05) is 0 Å². The number of nitro groups is 1. The number of hydrogen-bond acceptors (Lipinski definition) is 5. The van der Waals surface area contributed by atoms with Crippen LogP contribution < -0.4 is 0 Å². The Hall–Kier alpha value is -1.34. The molecule has 5 nitrogen and oxygen atoms in total. The highest BCUT2D eigenvalue weighted by Crippen LogP contribution is 2.22. The first kappa shape index (κ1) is 13.7. The van der Waals surface area contributed by atoms with E-state index in [9.17, 15) is 18.5 Å². The molecule has 0 bridgehead atoms. The van der Waals surface area contributed by atoms with Crippen molar-refractivity contribution in [3.8, 4) is 0 Å². The van der Waals surface area contributed by atoms with Crippen molar-refractivity contribution in [2.75, 3.05) is 5.75 Å². The van der Waals surface area contributed by atoms with Gasteiger partial charge in [-0.1, -0.05) is 18.7 Å². The van der Waals surface area contributed by atoms with Crippen LogP contribution in [0.5, 0.6) is 0 Å². The molecule has 0 aliphatic rings. The maximum atomic E-state index is 11.1. The third kappa shape index (κ3) is 4.58. The molecule has 0 aliphatic heterocycles. The Bertz CT molecular complexity index is 520. The number of nitrogens with zero attached hydrogens (tertiary/aromatic N) is 1. The fraction of sp³-hybridized carbons (Fsp3) is 0.200. The van der Waals surface area contributed by atoms with Crippen LogP contribution in [0.25, 0.3) is 0 Å². The summed E-state index contributed by atoms with van der Waals surface area (Å²) in [7, 11) is -3.12. The number of non-ortho nitro benzene ring substituents is 1. The minimum absolute atomic E-state index is 0.0134. The molecule has 0 aliphatic carbocycles. The molecule has 0 N–H and O–H groups in total. The normalized spacial score (nSPS) is 11.8. The van der Waals surface area contributed by atoms with Crippen LogP contribution in [0.4, 0.5) is 5.69 Å². The zero-order chi connectivity index (χ0) is 12.9. The third-order valence-corrected chi connectivity index (χ3v) is 4.26. The number of sulfone groups is 1. The highest BCUT2D eigenvalue weighted by atomic mass is 32.2. The van der Waals surface area contributed by atoms with Gasteiger partial charge in [0.15, 0.2) is 9.84 Å². The number of rotatable bonds is 5. The number of nitro benzene ring substituents is 1. The molecular formula is C10H11NO4S2.